The lowest BCUT2D eigenvalue weighted by atomic mass is 10.2. The third-order valence-corrected chi connectivity index (χ3v) is 3.33. The molecule has 0 aromatic carbocycles. The average molecular weight is 232 g/mol. The molecule has 0 radical (unpaired) electrons. The summed E-state index contributed by atoms with van der Waals surface area (Å²) in [6.07, 6.45) is 1.77. The number of thiophene rings is 1. The van der Waals surface area contributed by atoms with E-state index in [9.17, 15) is 4.79 Å². The molecule has 0 aliphatic rings. The van der Waals surface area contributed by atoms with E-state index in [2.05, 4.69) is 5.32 Å². The first-order chi connectivity index (χ1) is 6.74. The fourth-order valence-electron chi connectivity index (χ4n) is 1.04. The van der Waals surface area contributed by atoms with Crippen molar-refractivity contribution in [1.82, 2.24) is 5.32 Å². The van der Waals surface area contributed by atoms with Gasteiger partial charge in [-0.2, -0.15) is 0 Å². The van der Waals surface area contributed by atoms with Crippen LogP contribution in [0.4, 0.5) is 0 Å². The van der Waals surface area contributed by atoms with Gasteiger partial charge in [0.1, 0.15) is 0 Å². The molecule has 0 bridgehead atoms. The van der Waals surface area contributed by atoms with Crippen molar-refractivity contribution in [1.29, 1.82) is 0 Å². The quantitative estimate of drug-likeness (QED) is 0.776. The molecular formula is C10H14ClNOS. The highest BCUT2D eigenvalue weighted by atomic mass is 35.5. The zero-order chi connectivity index (χ0) is 10.4. The summed E-state index contributed by atoms with van der Waals surface area (Å²) < 4.78 is 0. The molecule has 0 fully saturated rings. The van der Waals surface area contributed by atoms with Gasteiger partial charge < -0.3 is 5.32 Å². The van der Waals surface area contributed by atoms with Crippen LogP contribution in [0.1, 0.15) is 29.4 Å². The summed E-state index contributed by atoms with van der Waals surface area (Å²) in [6, 6.07) is 3.69. The number of hydrogen-bond acceptors (Lipinski definition) is 2. The molecule has 1 amide bonds. The summed E-state index contributed by atoms with van der Waals surface area (Å²) in [4.78, 5) is 12.2. The molecule has 1 N–H and O–H groups in total. The molecule has 1 aromatic rings. The molecule has 1 rings (SSSR count). The Morgan fingerprint density at radius 1 is 1.71 bits per heavy atom. The molecule has 4 heteroatoms. The molecule has 14 heavy (non-hydrogen) atoms. The number of halogens is 1. The molecule has 0 aliphatic heterocycles. The van der Waals surface area contributed by atoms with E-state index in [1.54, 1.807) is 0 Å². The molecule has 78 valence electrons. The molecule has 1 aromatic heterocycles. The van der Waals surface area contributed by atoms with E-state index in [4.69, 9.17) is 11.6 Å². The van der Waals surface area contributed by atoms with Crippen LogP contribution in [0, 0.1) is 0 Å². The van der Waals surface area contributed by atoms with Gasteiger partial charge >= 0.3 is 0 Å². The Bertz CT molecular complexity index is 274. The van der Waals surface area contributed by atoms with E-state index in [-0.39, 0.29) is 11.3 Å². The Kier molecular flexibility index (Phi) is 4.98. The van der Waals surface area contributed by atoms with E-state index in [1.807, 2.05) is 24.4 Å². The summed E-state index contributed by atoms with van der Waals surface area (Å²) in [5.41, 5.74) is 0. The van der Waals surface area contributed by atoms with Gasteiger partial charge in [0.2, 0.25) is 0 Å². The van der Waals surface area contributed by atoms with Gasteiger partial charge in [-0.05, 0) is 24.3 Å². The van der Waals surface area contributed by atoms with Crippen molar-refractivity contribution < 1.29 is 4.79 Å². The van der Waals surface area contributed by atoms with Gasteiger partial charge in [0, 0.05) is 11.9 Å². The van der Waals surface area contributed by atoms with Gasteiger partial charge in [0.25, 0.3) is 5.91 Å². The fraction of sp³-hybridized carbons (Fsp3) is 0.500. The van der Waals surface area contributed by atoms with Crippen LogP contribution in [-0.4, -0.2) is 17.8 Å². The van der Waals surface area contributed by atoms with Crippen molar-refractivity contribution in [3.8, 4) is 0 Å². The minimum Gasteiger partial charge on any atom is -0.351 e. The van der Waals surface area contributed by atoms with Crippen molar-refractivity contribution in [2.24, 2.45) is 0 Å². The van der Waals surface area contributed by atoms with Crippen molar-refractivity contribution >= 4 is 28.8 Å². The summed E-state index contributed by atoms with van der Waals surface area (Å²) in [5, 5.41) is 4.90. The Morgan fingerprint density at radius 3 is 3.07 bits per heavy atom. The predicted molar refractivity (Wildman–Crippen MR) is 61.2 cm³/mol. The van der Waals surface area contributed by atoms with Gasteiger partial charge in [-0.1, -0.05) is 13.0 Å². The molecule has 0 aliphatic carbocycles. The lowest BCUT2D eigenvalue weighted by molar-refractivity contribution is 0.0957. The van der Waals surface area contributed by atoms with Crippen molar-refractivity contribution in [2.45, 2.75) is 25.1 Å². The van der Waals surface area contributed by atoms with Crippen LogP contribution in [0.3, 0.4) is 0 Å². The van der Waals surface area contributed by atoms with Crippen LogP contribution in [0.25, 0.3) is 0 Å². The monoisotopic (exact) mass is 231 g/mol. The molecular weight excluding hydrogens is 218 g/mol. The fourth-order valence-corrected chi connectivity index (χ4v) is 1.79. The number of hydrogen-bond donors (Lipinski definition) is 1. The lowest BCUT2D eigenvalue weighted by Crippen LogP contribution is -2.25. The number of rotatable bonds is 5. The highest BCUT2D eigenvalue weighted by molar-refractivity contribution is 7.12. The van der Waals surface area contributed by atoms with E-state index in [1.165, 1.54) is 11.3 Å². The van der Waals surface area contributed by atoms with Crippen LogP contribution < -0.4 is 5.32 Å². The maximum Gasteiger partial charge on any atom is 0.261 e. The van der Waals surface area contributed by atoms with E-state index < -0.39 is 0 Å². The van der Waals surface area contributed by atoms with Crippen LogP contribution in [0.5, 0.6) is 0 Å². The largest absolute Gasteiger partial charge is 0.351 e. The Balaban J connectivity index is 2.23. The number of nitrogens with one attached hydrogen (secondary N) is 1. The molecule has 2 nitrogen and oxygen atoms in total. The van der Waals surface area contributed by atoms with Crippen LogP contribution in [-0.2, 0) is 0 Å². The minimum atomic E-state index is -0.0000280. The van der Waals surface area contributed by atoms with E-state index in [0.29, 0.717) is 6.54 Å². The van der Waals surface area contributed by atoms with Crippen LogP contribution in [0.2, 0.25) is 0 Å². The van der Waals surface area contributed by atoms with Gasteiger partial charge in [-0.3, -0.25) is 4.79 Å². The van der Waals surface area contributed by atoms with Gasteiger partial charge in [-0.15, -0.1) is 22.9 Å². The highest BCUT2D eigenvalue weighted by Gasteiger charge is 2.06. The van der Waals surface area contributed by atoms with Crippen molar-refractivity contribution in [3.63, 3.8) is 0 Å². The summed E-state index contributed by atoms with van der Waals surface area (Å²) in [5.74, 6) is -0.0000280. The van der Waals surface area contributed by atoms with E-state index >= 15 is 0 Å². The molecule has 1 unspecified atom stereocenters. The molecule has 0 spiro atoms. The lowest BCUT2D eigenvalue weighted by Gasteiger charge is -2.06. The average Bonchev–Trinajstić information content (AvgIpc) is 2.70. The first kappa shape index (κ1) is 11.5. The topological polar surface area (TPSA) is 29.1 Å². The first-order valence-electron chi connectivity index (χ1n) is 4.69. The zero-order valence-electron chi connectivity index (χ0n) is 8.13. The Morgan fingerprint density at radius 2 is 2.50 bits per heavy atom. The molecule has 1 heterocycles. The molecule has 0 saturated heterocycles. The minimum absolute atomic E-state index is 0.0000280. The van der Waals surface area contributed by atoms with Crippen molar-refractivity contribution in [2.75, 3.05) is 6.54 Å². The second kappa shape index (κ2) is 6.04. The summed E-state index contributed by atoms with van der Waals surface area (Å²) in [7, 11) is 0. The number of carbonyl (C=O) groups excluding carboxylic acids is 1. The van der Waals surface area contributed by atoms with Gasteiger partial charge in [0.05, 0.1) is 4.88 Å². The smallest absolute Gasteiger partial charge is 0.261 e. The first-order valence-corrected chi connectivity index (χ1v) is 6.01. The SMILES string of the molecule is CCC(Cl)CCNC(=O)c1cccs1. The second-order valence-corrected chi connectivity index (χ2v) is 4.59. The maximum absolute atomic E-state index is 11.4. The summed E-state index contributed by atoms with van der Waals surface area (Å²) >= 11 is 7.38. The number of amides is 1. The van der Waals surface area contributed by atoms with Gasteiger partial charge in [-0.25, -0.2) is 0 Å². The third kappa shape index (κ3) is 3.68. The van der Waals surface area contributed by atoms with Crippen LogP contribution in [0.15, 0.2) is 17.5 Å². The standard InChI is InChI=1S/C10H14ClNOS/c1-2-8(11)5-6-12-10(13)9-4-3-7-14-9/h3-4,7-8H,2,5-6H2,1H3,(H,12,13). The Hall–Kier alpha value is -0.540. The number of alkyl halides is 1. The normalized spacial score (nSPS) is 12.4. The predicted octanol–water partition coefficient (Wildman–Crippen LogP) is 2.89. The van der Waals surface area contributed by atoms with Gasteiger partial charge in [0.15, 0.2) is 0 Å². The third-order valence-electron chi connectivity index (χ3n) is 1.93. The van der Waals surface area contributed by atoms with Crippen LogP contribution >= 0.6 is 22.9 Å². The second-order valence-electron chi connectivity index (χ2n) is 3.03. The number of carbonyl (C=O) groups is 1. The highest BCUT2D eigenvalue weighted by Crippen LogP contribution is 2.08. The summed E-state index contributed by atoms with van der Waals surface area (Å²) in [6.45, 7) is 2.69. The molecule has 1 atom stereocenters. The van der Waals surface area contributed by atoms with Crippen molar-refractivity contribution in [3.05, 3.63) is 22.4 Å². The Labute approximate surface area is 93.3 Å². The zero-order valence-corrected chi connectivity index (χ0v) is 9.70. The maximum atomic E-state index is 11.4. The molecule has 0 saturated carbocycles. The van der Waals surface area contributed by atoms with E-state index in [0.717, 1.165) is 17.7 Å².